The average molecular weight is 436 g/mol. The number of nitrogens with zero attached hydrogens (tertiary/aromatic N) is 3. The number of aryl methyl sites for hydroxylation is 2. The van der Waals surface area contributed by atoms with Crippen molar-refractivity contribution in [3.63, 3.8) is 0 Å². The van der Waals surface area contributed by atoms with Crippen LogP contribution in [0.15, 0.2) is 53.6 Å². The van der Waals surface area contributed by atoms with Gasteiger partial charge >= 0.3 is 5.97 Å². The van der Waals surface area contributed by atoms with Gasteiger partial charge < -0.3 is 9.47 Å². The van der Waals surface area contributed by atoms with Crippen molar-refractivity contribution in [2.45, 2.75) is 33.9 Å². The van der Waals surface area contributed by atoms with E-state index in [1.54, 1.807) is 24.3 Å². The fraction of sp³-hybridized carbons (Fsp3) is 0.217. The number of aromatic nitrogens is 1. The number of amides is 1. The number of carbonyl (C=O) groups is 2. The van der Waals surface area contributed by atoms with Gasteiger partial charge in [0.15, 0.2) is 0 Å². The van der Waals surface area contributed by atoms with Crippen LogP contribution in [-0.4, -0.2) is 27.8 Å². The van der Waals surface area contributed by atoms with Crippen LogP contribution in [0.2, 0.25) is 0 Å². The Morgan fingerprint density at radius 3 is 2.52 bits per heavy atom. The molecule has 2 aromatic carbocycles. The molecule has 4 rings (SSSR count). The number of ether oxygens (including phenoxy) is 2. The molecule has 1 amide bonds. The maximum Gasteiger partial charge on any atom is 0.308 e. The van der Waals surface area contributed by atoms with Gasteiger partial charge in [-0.3, -0.25) is 9.59 Å². The van der Waals surface area contributed by atoms with Crippen LogP contribution >= 0.6 is 11.3 Å². The fourth-order valence-electron chi connectivity index (χ4n) is 3.19. The minimum absolute atomic E-state index is 0.265. The second kappa shape index (κ2) is 8.31. The molecule has 0 radical (unpaired) electrons. The quantitative estimate of drug-likeness (QED) is 0.442. The first kappa shape index (κ1) is 20.7. The van der Waals surface area contributed by atoms with Gasteiger partial charge in [0.25, 0.3) is 5.90 Å². The molecule has 0 spiro atoms. The van der Waals surface area contributed by atoms with Crippen LogP contribution in [0.4, 0.5) is 0 Å². The summed E-state index contributed by atoms with van der Waals surface area (Å²) in [7, 11) is 0. The van der Waals surface area contributed by atoms with E-state index in [4.69, 9.17) is 9.47 Å². The first-order chi connectivity index (χ1) is 14.8. The highest BCUT2D eigenvalue weighted by Crippen LogP contribution is 2.36. The molecule has 8 heteroatoms. The van der Waals surface area contributed by atoms with E-state index in [9.17, 15) is 9.59 Å². The van der Waals surface area contributed by atoms with E-state index in [1.165, 1.54) is 35.8 Å². The lowest BCUT2D eigenvalue weighted by Crippen LogP contribution is -2.25. The molecule has 1 aromatic heterocycles. The van der Waals surface area contributed by atoms with E-state index >= 15 is 0 Å². The normalized spacial score (nSPS) is 15.4. The fourth-order valence-corrected chi connectivity index (χ4v) is 4.18. The predicted octanol–water partition coefficient (Wildman–Crippen LogP) is 4.59. The Kier molecular flexibility index (Phi) is 5.56. The Hall–Kier alpha value is -3.52. The second-order valence-electron chi connectivity index (χ2n) is 7.20. The van der Waals surface area contributed by atoms with Crippen LogP contribution < -0.4 is 4.74 Å². The number of hydrogen-bond donors (Lipinski definition) is 0. The molecule has 0 bridgehead atoms. The van der Waals surface area contributed by atoms with Crippen LogP contribution in [0.25, 0.3) is 10.6 Å². The van der Waals surface area contributed by atoms with Gasteiger partial charge in [0.2, 0.25) is 12.1 Å². The van der Waals surface area contributed by atoms with Crippen molar-refractivity contribution in [1.29, 1.82) is 0 Å². The monoisotopic (exact) mass is 435 g/mol. The van der Waals surface area contributed by atoms with Gasteiger partial charge in [0.05, 0.1) is 5.69 Å². The molecule has 7 nitrogen and oxygen atoms in total. The number of rotatable bonds is 4. The summed E-state index contributed by atoms with van der Waals surface area (Å²) < 4.78 is 11.3. The maximum absolute atomic E-state index is 12.3. The highest BCUT2D eigenvalue weighted by molar-refractivity contribution is 7.17. The number of benzene rings is 2. The highest BCUT2D eigenvalue weighted by Gasteiger charge is 2.35. The molecule has 158 valence electrons. The summed E-state index contributed by atoms with van der Waals surface area (Å²) in [6.07, 6.45) is -0.757. The van der Waals surface area contributed by atoms with Crippen LogP contribution in [0.3, 0.4) is 0 Å². The van der Waals surface area contributed by atoms with Crippen molar-refractivity contribution in [2.75, 3.05) is 0 Å². The van der Waals surface area contributed by atoms with E-state index < -0.39 is 12.2 Å². The zero-order valence-electron chi connectivity index (χ0n) is 17.6. The van der Waals surface area contributed by atoms with E-state index in [-0.39, 0.29) is 5.91 Å². The highest BCUT2D eigenvalue weighted by atomic mass is 32.1. The third-order valence-electron chi connectivity index (χ3n) is 4.66. The lowest BCUT2D eigenvalue weighted by atomic mass is 10.2. The third kappa shape index (κ3) is 4.34. The largest absolute Gasteiger partial charge is 0.445 e. The molecule has 3 aromatic rings. The summed E-state index contributed by atoms with van der Waals surface area (Å²) in [5.74, 6) is 0.0280. The van der Waals surface area contributed by atoms with Crippen molar-refractivity contribution in [3.05, 3.63) is 70.2 Å². The maximum atomic E-state index is 12.3. The molecule has 1 aliphatic rings. The number of hydrogen-bond acceptors (Lipinski definition) is 7. The Balaban J connectivity index is 1.65. The lowest BCUT2D eigenvalue weighted by Gasteiger charge is -2.19. The van der Waals surface area contributed by atoms with Gasteiger partial charge in [0.1, 0.15) is 15.6 Å². The van der Waals surface area contributed by atoms with E-state index in [0.717, 1.165) is 21.1 Å². The van der Waals surface area contributed by atoms with E-state index in [0.29, 0.717) is 17.2 Å². The van der Waals surface area contributed by atoms with E-state index in [2.05, 4.69) is 10.1 Å². The Morgan fingerprint density at radius 2 is 1.84 bits per heavy atom. The van der Waals surface area contributed by atoms with Crippen LogP contribution in [0.1, 0.15) is 41.8 Å². The molecular weight excluding hydrogens is 414 g/mol. The second-order valence-corrected chi connectivity index (χ2v) is 8.20. The van der Waals surface area contributed by atoms with Crippen LogP contribution in [0.5, 0.6) is 5.75 Å². The molecule has 31 heavy (non-hydrogen) atoms. The van der Waals surface area contributed by atoms with Gasteiger partial charge in [0, 0.05) is 25.0 Å². The molecule has 0 saturated heterocycles. The van der Waals surface area contributed by atoms with Gasteiger partial charge in [-0.1, -0.05) is 42.0 Å². The summed E-state index contributed by atoms with van der Waals surface area (Å²) in [6, 6.07) is 15.0. The van der Waals surface area contributed by atoms with E-state index in [1.807, 2.05) is 38.1 Å². The van der Waals surface area contributed by atoms with Crippen molar-refractivity contribution in [1.82, 2.24) is 9.99 Å². The minimum Gasteiger partial charge on any atom is -0.445 e. The molecule has 1 atom stereocenters. The molecule has 1 unspecified atom stereocenters. The molecule has 0 fully saturated rings. The predicted molar refractivity (Wildman–Crippen MR) is 118 cm³/mol. The summed E-state index contributed by atoms with van der Waals surface area (Å²) in [6.45, 7) is 6.69. The van der Waals surface area contributed by atoms with Crippen LogP contribution in [-0.2, 0) is 14.3 Å². The van der Waals surface area contributed by atoms with Crippen molar-refractivity contribution in [2.24, 2.45) is 5.10 Å². The average Bonchev–Trinajstić information content (AvgIpc) is 3.32. The summed E-state index contributed by atoms with van der Waals surface area (Å²) in [4.78, 5) is 29.0. The van der Waals surface area contributed by atoms with Gasteiger partial charge in [-0.2, -0.15) is 5.01 Å². The molecule has 0 saturated carbocycles. The van der Waals surface area contributed by atoms with Crippen molar-refractivity contribution >= 4 is 29.1 Å². The zero-order chi connectivity index (χ0) is 22.1. The Morgan fingerprint density at radius 1 is 1.10 bits per heavy atom. The van der Waals surface area contributed by atoms with Crippen LogP contribution in [0, 0.1) is 13.8 Å². The summed E-state index contributed by atoms with van der Waals surface area (Å²) >= 11 is 1.46. The topological polar surface area (TPSA) is 81.1 Å². The molecular formula is C23H21N3O4S. The molecule has 1 aliphatic heterocycles. The summed E-state index contributed by atoms with van der Waals surface area (Å²) in [5.41, 5.74) is 3.61. The van der Waals surface area contributed by atoms with Gasteiger partial charge in [-0.05, 0) is 26.0 Å². The Bertz CT molecular complexity index is 1180. The molecule has 0 N–H and O–H groups in total. The molecule has 0 aliphatic carbocycles. The van der Waals surface area contributed by atoms with Gasteiger partial charge in [-0.15, -0.1) is 16.4 Å². The van der Waals surface area contributed by atoms with Crippen molar-refractivity contribution in [3.8, 4) is 16.3 Å². The van der Waals surface area contributed by atoms with Gasteiger partial charge in [-0.25, -0.2) is 4.98 Å². The lowest BCUT2D eigenvalue weighted by molar-refractivity contribution is -0.135. The zero-order valence-corrected chi connectivity index (χ0v) is 18.4. The van der Waals surface area contributed by atoms with Crippen molar-refractivity contribution < 1.29 is 19.1 Å². The number of thiazole rings is 1. The minimum atomic E-state index is -0.757. The SMILES string of the molecule is CC(=O)Oc1cccc(C2OC(c3sc(-c4ccc(C)cc4)nc3C)=NN2C(C)=O)c1. The number of carbonyl (C=O) groups excluding carboxylic acids is 2. The summed E-state index contributed by atoms with van der Waals surface area (Å²) in [5, 5.41) is 6.57. The Labute approximate surface area is 183 Å². The first-order valence-corrected chi connectivity index (χ1v) is 10.5. The number of hydrazone groups is 1. The first-order valence-electron chi connectivity index (χ1n) is 9.70. The standard InChI is InChI=1S/C23H21N3O4S/c1-13-8-10-17(11-9-13)22-24-14(2)20(31-22)21-25-26(15(3)27)23(30-21)18-6-5-7-19(12-18)29-16(4)28/h5-12,23H,1-4H3. The number of esters is 1. The smallest absolute Gasteiger partial charge is 0.308 e. The third-order valence-corrected chi connectivity index (χ3v) is 5.86. The molecule has 2 heterocycles.